The number of nitrogens with two attached hydrogens (primary N) is 1. The lowest BCUT2D eigenvalue weighted by Gasteiger charge is -2.35. The minimum atomic E-state index is -5.12. The molecule has 1 unspecified atom stereocenters. The van der Waals surface area contributed by atoms with Crippen molar-refractivity contribution in [2.45, 2.75) is 50.5 Å². The van der Waals surface area contributed by atoms with Gasteiger partial charge in [-0.3, -0.25) is 4.79 Å². The lowest BCUT2D eigenvalue weighted by Crippen LogP contribution is -2.49. The van der Waals surface area contributed by atoms with E-state index in [1.807, 2.05) is 13.1 Å². The summed E-state index contributed by atoms with van der Waals surface area (Å²) in [6.07, 6.45) is -1.74. The monoisotopic (exact) mass is 729 g/mol. The first-order valence-electron chi connectivity index (χ1n) is 16.4. The zero-order chi connectivity index (χ0) is 36.8. The Bertz CT molecular complexity index is 2050. The van der Waals surface area contributed by atoms with Gasteiger partial charge in [0, 0.05) is 42.6 Å². The van der Waals surface area contributed by atoms with Gasteiger partial charge in [-0.25, -0.2) is 8.78 Å². The zero-order valence-electron chi connectivity index (χ0n) is 28.2. The van der Waals surface area contributed by atoms with E-state index in [1.165, 1.54) is 13.2 Å². The fraction of sp³-hybridized carbons (Fsp3) is 0.429. The van der Waals surface area contributed by atoms with Crippen LogP contribution in [0.5, 0.6) is 6.01 Å². The number of nitrogens with zero attached hydrogens (tertiary/aromatic N) is 6. The van der Waals surface area contributed by atoms with Crippen molar-refractivity contribution in [2.24, 2.45) is 0 Å². The van der Waals surface area contributed by atoms with Gasteiger partial charge < -0.3 is 29.9 Å². The molecule has 0 aliphatic carbocycles. The van der Waals surface area contributed by atoms with Gasteiger partial charge in [-0.15, -0.1) is 11.3 Å². The lowest BCUT2D eigenvalue weighted by molar-refractivity contribution is -0.137. The van der Waals surface area contributed by atoms with Crippen molar-refractivity contribution < 1.29 is 36.2 Å². The molecular weight excluding hydrogens is 693 g/mol. The molecule has 2 aliphatic heterocycles. The van der Waals surface area contributed by atoms with E-state index in [-0.39, 0.29) is 75.1 Å². The van der Waals surface area contributed by atoms with Crippen molar-refractivity contribution in [1.29, 1.82) is 5.26 Å². The third-order valence-electron chi connectivity index (χ3n) is 9.79. The number of likely N-dealkylation sites (N-methyl/N-ethyl adjacent to an activating group) is 2. The average Bonchev–Trinajstić information content (AvgIpc) is 3.80. The molecule has 4 heterocycles. The first kappa shape index (κ1) is 36.2. The van der Waals surface area contributed by atoms with E-state index < -0.39 is 46.5 Å². The standard InChI is InChI=1S/C35H36F5N7O3S/c1-5-26(48)47-13-11-24(25(47)17-49-4)46(6-2)33-20-14-22(35(38,39)40)28(19-9-10-23(36)31-27(19)21(15-41)32(42)51-31)29(37)30(20)43-34(44-33)50-16-18-8-7-12-45(18)3/h5,9-10,14,18,24-25H,1,6-8,11-13,16-17,42H2,2-4H3/t18-,24?,25+/m0/s1. The maximum atomic E-state index is 17.2. The van der Waals surface area contributed by atoms with Crippen LogP contribution >= 0.6 is 11.3 Å². The number of amides is 1. The molecule has 2 fully saturated rings. The normalized spacial score (nSPS) is 19.6. The molecule has 2 aromatic carbocycles. The highest BCUT2D eigenvalue weighted by Crippen LogP contribution is 2.48. The van der Waals surface area contributed by atoms with Crippen molar-refractivity contribution >= 4 is 49.1 Å². The van der Waals surface area contributed by atoms with Gasteiger partial charge in [-0.05, 0) is 63.6 Å². The Morgan fingerprint density at radius 3 is 2.63 bits per heavy atom. The highest BCUT2D eigenvalue weighted by atomic mass is 32.1. The zero-order valence-corrected chi connectivity index (χ0v) is 29.0. The summed E-state index contributed by atoms with van der Waals surface area (Å²) >= 11 is 0.690. The molecule has 2 saturated heterocycles. The van der Waals surface area contributed by atoms with E-state index in [0.717, 1.165) is 37.6 Å². The predicted octanol–water partition coefficient (Wildman–Crippen LogP) is 6.36. The number of likely N-dealkylation sites (tertiary alicyclic amines) is 2. The van der Waals surface area contributed by atoms with Crippen LogP contribution in [0.15, 0.2) is 30.9 Å². The number of nitrogen functional groups attached to an aromatic ring is 1. The summed E-state index contributed by atoms with van der Waals surface area (Å²) in [4.78, 5) is 27.2. The van der Waals surface area contributed by atoms with Gasteiger partial charge in [-0.2, -0.15) is 28.4 Å². The Hall–Kier alpha value is -4.59. The first-order chi connectivity index (χ1) is 24.3. The number of halogens is 5. The van der Waals surface area contributed by atoms with E-state index >= 15 is 17.6 Å². The van der Waals surface area contributed by atoms with Gasteiger partial charge >= 0.3 is 12.2 Å². The third kappa shape index (κ3) is 6.42. The SMILES string of the molecule is C=CC(=O)N1CCC(N(CC)c2nc(OC[C@@H]3CCCN3C)nc3c(F)c(-c4ccc(F)c5sc(N)c(C#N)c45)c(C(F)(F)F)cc23)[C@H]1COC. The number of rotatable bonds is 10. The van der Waals surface area contributed by atoms with E-state index in [2.05, 4.69) is 21.4 Å². The number of carbonyl (C=O) groups excluding carboxylic acids is 1. The summed E-state index contributed by atoms with van der Waals surface area (Å²) in [5.41, 5.74) is 2.60. The molecule has 2 aliphatic rings. The van der Waals surface area contributed by atoms with Crippen LogP contribution in [0.4, 0.5) is 32.8 Å². The Kier molecular flexibility index (Phi) is 10.1. The van der Waals surface area contributed by atoms with Crippen molar-refractivity contribution in [3.63, 3.8) is 0 Å². The van der Waals surface area contributed by atoms with E-state index in [4.69, 9.17) is 15.2 Å². The number of ether oxygens (including phenoxy) is 2. The molecule has 2 aromatic heterocycles. The molecule has 0 saturated carbocycles. The number of aromatic nitrogens is 2. The van der Waals surface area contributed by atoms with Gasteiger partial charge in [-0.1, -0.05) is 12.6 Å². The van der Waals surface area contributed by atoms with Gasteiger partial charge in [0.25, 0.3) is 0 Å². The molecular formula is C35H36F5N7O3S. The number of hydrogen-bond donors (Lipinski definition) is 1. The molecule has 270 valence electrons. The highest BCUT2D eigenvalue weighted by Gasteiger charge is 2.42. The van der Waals surface area contributed by atoms with Crippen LogP contribution in [0.2, 0.25) is 0 Å². The molecule has 4 aromatic rings. The summed E-state index contributed by atoms with van der Waals surface area (Å²) < 4.78 is 88.7. The fourth-order valence-electron chi connectivity index (χ4n) is 7.34. The van der Waals surface area contributed by atoms with Crippen LogP contribution < -0.4 is 15.4 Å². The maximum absolute atomic E-state index is 17.2. The topological polar surface area (TPSA) is 121 Å². The third-order valence-corrected chi connectivity index (χ3v) is 10.8. The first-order valence-corrected chi connectivity index (χ1v) is 17.2. The van der Waals surface area contributed by atoms with Crippen LogP contribution in [-0.4, -0.2) is 90.8 Å². The van der Waals surface area contributed by atoms with Crippen LogP contribution in [0.1, 0.15) is 37.3 Å². The van der Waals surface area contributed by atoms with Crippen molar-refractivity contribution in [2.75, 3.05) is 57.6 Å². The van der Waals surface area contributed by atoms with Gasteiger partial charge in [0.15, 0.2) is 5.82 Å². The smallest absolute Gasteiger partial charge is 0.417 e. The van der Waals surface area contributed by atoms with Gasteiger partial charge in [0.05, 0.1) is 34.5 Å². The highest BCUT2D eigenvalue weighted by molar-refractivity contribution is 7.23. The van der Waals surface area contributed by atoms with Crippen molar-refractivity contribution in [3.05, 3.63) is 53.6 Å². The lowest BCUT2D eigenvalue weighted by atomic mass is 9.92. The average molecular weight is 730 g/mol. The maximum Gasteiger partial charge on any atom is 0.417 e. The van der Waals surface area contributed by atoms with Gasteiger partial charge in [0.1, 0.15) is 34.8 Å². The second-order valence-electron chi connectivity index (χ2n) is 12.6. The van der Waals surface area contributed by atoms with Crippen molar-refractivity contribution in [1.82, 2.24) is 19.8 Å². The minimum Gasteiger partial charge on any atom is -0.462 e. The number of anilines is 2. The summed E-state index contributed by atoms with van der Waals surface area (Å²) in [6.45, 7) is 7.01. The molecule has 51 heavy (non-hydrogen) atoms. The van der Waals surface area contributed by atoms with Crippen molar-refractivity contribution in [3.8, 4) is 23.2 Å². The number of thiophene rings is 1. The van der Waals surface area contributed by atoms with Gasteiger partial charge in [0.2, 0.25) is 5.91 Å². The second-order valence-corrected chi connectivity index (χ2v) is 13.6. The molecule has 0 radical (unpaired) electrons. The molecule has 0 spiro atoms. The number of nitriles is 1. The Morgan fingerprint density at radius 2 is 2.00 bits per heavy atom. The van der Waals surface area contributed by atoms with E-state index in [0.29, 0.717) is 24.3 Å². The van der Waals surface area contributed by atoms with E-state index in [9.17, 15) is 14.4 Å². The predicted molar refractivity (Wildman–Crippen MR) is 185 cm³/mol. The molecule has 1 amide bonds. The largest absolute Gasteiger partial charge is 0.462 e. The number of benzene rings is 2. The van der Waals surface area contributed by atoms with E-state index in [1.54, 1.807) is 16.7 Å². The molecule has 3 atom stereocenters. The number of methoxy groups -OCH3 is 1. The molecule has 16 heteroatoms. The Morgan fingerprint density at radius 1 is 1.24 bits per heavy atom. The number of hydrogen-bond acceptors (Lipinski definition) is 10. The summed E-state index contributed by atoms with van der Waals surface area (Å²) in [7, 11) is 3.42. The number of carbonyl (C=O) groups is 1. The van der Waals surface area contributed by atoms with Crippen LogP contribution in [0, 0.1) is 23.0 Å². The number of fused-ring (bicyclic) bond motifs is 2. The molecule has 10 nitrogen and oxygen atoms in total. The Labute approximate surface area is 294 Å². The molecule has 6 rings (SSSR count). The second kappa shape index (κ2) is 14.2. The fourth-order valence-corrected chi connectivity index (χ4v) is 8.28. The Balaban J connectivity index is 1.63. The quantitative estimate of drug-likeness (QED) is 0.147. The summed E-state index contributed by atoms with van der Waals surface area (Å²) in [6, 6.07) is 3.29. The summed E-state index contributed by atoms with van der Waals surface area (Å²) in [5.74, 6) is -2.52. The minimum absolute atomic E-state index is 0.0170. The summed E-state index contributed by atoms with van der Waals surface area (Å²) in [5, 5.41) is 9.26. The van der Waals surface area contributed by atoms with Crippen LogP contribution in [0.25, 0.3) is 32.1 Å². The molecule has 0 bridgehead atoms. The van der Waals surface area contributed by atoms with Crippen LogP contribution in [0.3, 0.4) is 0 Å². The molecule has 2 N–H and O–H groups in total. The number of alkyl halides is 3. The van der Waals surface area contributed by atoms with Crippen LogP contribution in [-0.2, 0) is 15.7 Å².